The molecule has 1 N–H and O–H groups in total. The fraction of sp³-hybridized carbons (Fsp3) is 0.250. The van der Waals surface area contributed by atoms with Crippen LogP contribution in [0, 0.1) is 11.8 Å². The first-order valence-electron chi connectivity index (χ1n) is 11.8. The SMILES string of the molecule is COC(=O)c1ccccc1Nc1ccc2c(C#Cc3ccccn3)nn(COCC[Si](C)(C)C)c2c1. The van der Waals surface area contributed by atoms with Gasteiger partial charge in [-0.15, -0.1) is 0 Å². The Labute approximate surface area is 212 Å². The Hall–Kier alpha value is -3.93. The summed E-state index contributed by atoms with van der Waals surface area (Å²) in [6.45, 7) is 8.00. The summed E-state index contributed by atoms with van der Waals surface area (Å²) in [6.07, 6.45) is 1.72. The highest BCUT2D eigenvalue weighted by Crippen LogP contribution is 2.27. The predicted molar refractivity (Wildman–Crippen MR) is 145 cm³/mol. The smallest absolute Gasteiger partial charge is 0.339 e. The predicted octanol–water partition coefficient (Wildman–Crippen LogP) is 5.67. The molecule has 0 fully saturated rings. The number of anilines is 2. The fourth-order valence-corrected chi connectivity index (χ4v) is 4.32. The zero-order valence-electron chi connectivity index (χ0n) is 21.0. The maximum absolute atomic E-state index is 12.2. The van der Waals surface area contributed by atoms with Gasteiger partial charge in [0.25, 0.3) is 0 Å². The van der Waals surface area contributed by atoms with E-state index >= 15 is 0 Å². The van der Waals surface area contributed by atoms with Gasteiger partial charge in [-0.25, -0.2) is 14.5 Å². The molecule has 2 aromatic carbocycles. The van der Waals surface area contributed by atoms with Crippen molar-refractivity contribution in [3.05, 3.63) is 83.8 Å². The molecule has 4 rings (SSSR count). The molecule has 7 nitrogen and oxygen atoms in total. The van der Waals surface area contributed by atoms with Crippen molar-refractivity contribution >= 4 is 36.3 Å². The molecule has 0 aliphatic rings. The Morgan fingerprint density at radius 3 is 2.61 bits per heavy atom. The molecule has 8 heteroatoms. The van der Waals surface area contributed by atoms with Crippen LogP contribution in [0.3, 0.4) is 0 Å². The number of fused-ring (bicyclic) bond motifs is 1. The molecular weight excluding hydrogens is 468 g/mol. The van der Waals surface area contributed by atoms with E-state index in [9.17, 15) is 4.79 Å². The Kier molecular flexibility index (Phi) is 7.83. The second kappa shape index (κ2) is 11.2. The lowest BCUT2D eigenvalue weighted by Crippen LogP contribution is -2.22. The second-order valence-corrected chi connectivity index (χ2v) is 15.2. The van der Waals surface area contributed by atoms with Crippen LogP contribution in [0.25, 0.3) is 10.9 Å². The van der Waals surface area contributed by atoms with E-state index in [-0.39, 0.29) is 0 Å². The lowest BCUT2D eigenvalue weighted by molar-refractivity contribution is 0.0602. The zero-order chi connectivity index (χ0) is 25.5. The largest absolute Gasteiger partial charge is 0.465 e. The molecule has 4 aromatic rings. The third-order valence-electron chi connectivity index (χ3n) is 5.55. The third kappa shape index (κ3) is 6.39. The van der Waals surface area contributed by atoms with Crippen LogP contribution in [0.15, 0.2) is 66.9 Å². The van der Waals surface area contributed by atoms with Gasteiger partial charge in [-0.3, -0.25) is 0 Å². The number of hydrogen-bond donors (Lipinski definition) is 1. The molecule has 0 aliphatic carbocycles. The maximum Gasteiger partial charge on any atom is 0.339 e. The number of carbonyl (C=O) groups excluding carboxylic acids is 1. The molecule has 0 saturated heterocycles. The van der Waals surface area contributed by atoms with Crippen LogP contribution in [-0.2, 0) is 16.2 Å². The van der Waals surface area contributed by atoms with E-state index in [4.69, 9.17) is 14.6 Å². The molecule has 0 spiro atoms. The van der Waals surface area contributed by atoms with Gasteiger partial charge in [-0.2, -0.15) is 5.10 Å². The molecule has 0 amide bonds. The standard InChI is InChI=1S/C28H30N4O3Si/c1-34-28(33)24-10-5-6-11-25(24)30-22-12-14-23-26(15-13-21-9-7-8-16-29-21)31-32(27(23)19-22)20-35-17-18-36(2,3)4/h5-12,14,16,19,30H,17-18,20H2,1-4H3. The number of ether oxygens (including phenoxy) is 2. The first-order valence-corrected chi connectivity index (χ1v) is 15.5. The van der Waals surface area contributed by atoms with Gasteiger partial charge in [0.15, 0.2) is 0 Å². The van der Waals surface area contributed by atoms with Gasteiger partial charge in [0.1, 0.15) is 18.1 Å². The summed E-state index contributed by atoms with van der Waals surface area (Å²) in [5.74, 6) is 5.86. The number of carbonyl (C=O) groups is 1. The molecule has 2 heterocycles. The van der Waals surface area contributed by atoms with Crippen LogP contribution in [0.5, 0.6) is 0 Å². The topological polar surface area (TPSA) is 78.3 Å². The van der Waals surface area contributed by atoms with Gasteiger partial charge >= 0.3 is 5.97 Å². The van der Waals surface area contributed by atoms with Gasteiger partial charge in [0, 0.05) is 32.0 Å². The number of para-hydroxylation sites is 1. The van der Waals surface area contributed by atoms with Crippen molar-refractivity contribution in [2.45, 2.75) is 32.4 Å². The molecule has 184 valence electrons. The Bertz CT molecular complexity index is 1420. The van der Waals surface area contributed by atoms with Gasteiger partial charge in [-0.1, -0.05) is 37.8 Å². The Balaban J connectivity index is 1.67. The lowest BCUT2D eigenvalue weighted by Gasteiger charge is -2.15. The van der Waals surface area contributed by atoms with Crippen molar-refractivity contribution < 1.29 is 14.3 Å². The van der Waals surface area contributed by atoms with Crippen LogP contribution in [-0.4, -0.2) is 42.5 Å². The van der Waals surface area contributed by atoms with Gasteiger partial charge < -0.3 is 14.8 Å². The third-order valence-corrected chi connectivity index (χ3v) is 7.25. The van der Waals surface area contributed by atoms with Crippen LogP contribution in [0.1, 0.15) is 21.7 Å². The molecule has 0 radical (unpaired) electrons. The number of nitrogens with one attached hydrogen (secondary N) is 1. The number of nitrogens with zero attached hydrogens (tertiary/aromatic N) is 3. The first-order chi connectivity index (χ1) is 17.3. The maximum atomic E-state index is 12.2. The summed E-state index contributed by atoms with van der Waals surface area (Å²) < 4.78 is 12.8. The average Bonchev–Trinajstić information content (AvgIpc) is 3.22. The molecule has 0 bridgehead atoms. The van der Waals surface area contributed by atoms with Crippen molar-refractivity contribution in [2.24, 2.45) is 0 Å². The zero-order valence-corrected chi connectivity index (χ0v) is 22.0. The lowest BCUT2D eigenvalue weighted by atomic mass is 10.1. The number of pyridine rings is 1. The van der Waals surface area contributed by atoms with E-state index in [0.717, 1.165) is 22.6 Å². The molecule has 0 saturated carbocycles. The number of methoxy groups -OCH3 is 1. The van der Waals surface area contributed by atoms with Gasteiger partial charge in [0.05, 0.1) is 23.9 Å². The number of benzene rings is 2. The Morgan fingerprint density at radius 1 is 1.06 bits per heavy atom. The monoisotopic (exact) mass is 498 g/mol. The van der Waals surface area contributed by atoms with Crippen LogP contribution < -0.4 is 5.32 Å². The quantitative estimate of drug-likeness (QED) is 0.146. The summed E-state index contributed by atoms with van der Waals surface area (Å²) in [4.78, 5) is 16.5. The highest BCUT2D eigenvalue weighted by Gasteiger charge is 2.15. The summed E-state index contributed by atoms with van der Waals surface area (Å²) in [7, 11) is 0.178. The number of rotatable bonds is 8. The number of esters is 1. The summed E-state index contributed by atoms with van der Waals surface area (Å²) in [5.41, 5.74) is 4.16. The van der Waals surface area contributed by atoms with E-state index in [1.165, 1.54) is 7.11 Å². The summed E-state index contributed by atoms with van der Waals surface area (Å²) >= 11 is 0. The van der Waals surface area contributed by atoms with E-state index in [0.29, 0.717) is 36.0 Å². The van der Waals surface area contributed by atoms with Crippen molar-refractivity contribution in [1.29, 1.82) is 0 Å². The van der Waals surface area contributed by atoms with E-state index in [1.807, 2.05) is 53.2 Å². The van der Waals surface area contributed by atoms with Crippen molar-refractivity contribution in [2.75, 3.05) is 19.0 Å². The normalized spacial score (nSPS) is 11.1. The average molecular weight is 499 g/mol. The minimum absolute atomic E-state index is 0.328. The van der Waals surface area contributed by atoms with Gasteiger partial charge in [0.2, 0.25) is 0 Å². The van der Waals surface area contributed by atoms with Crippen molar-refractivity contribution in [1.82, 2.24) is 14.8 Å². The first kappa shape index (κ1) is 25.2. The van der Waals surface area contributed by atoms with Crippen molar-refractivity contribution in [3.8, 4) is 11.8 Å². The second-order valence-electron chi connectivity index (χ2n) is 9.56. The molecule has 0 atom stereocenters. The van der Waals surface area contributed by atoms with Crippen LogP contribution >= 0.6 is 0 Å². The highest BCUT2D eigenvalue weighted by atomic mass is 28.3. The Morgan fingerprint density at radius 2 is 1.86 bits per heavy atom. The van der Waals surface area contributed by atoms with E-state index in [2.05, 4.69) is 41.8 Å². The summed E-state index contributed by atoms with van der Waals surface area (Å²) in [6, 6.07) is 19.9. The van der Waals surface area contributed by atoms with E-state index in [1.54, 1.807) is 18.3 Å². The van der Waals surface area contributed by atoms with Crippen LogP contribution in [0.4, 0.5) is 11.4 Å². The van der Waals surface area contributed by atoms with Gasteiger partial charge in [-0.05, 0) is 60.3 Å². The minimum atomic E-state index is -1.20. The number of aromatic nitrogens is 3. The molecule has 36 heavy (non-hydrogen) atoms. The van der Waals surface area contributed by atoms with E-state index < -0.39 is 14.0 Å². The fourth-order valence-electron chi connectivity index (χ4n) is 3.57. The minimum Gasteiger partial charge on any atom is -0.465 e. The van der Waals surface area contributed by atoms with Crippen LogP contribution in [0.2, 0.25) is 25.7 Å². The highest BCUT2D eigenvalue weighted by molar-refractivity contribution is 6.76. The summed E-state index contributed by atoms with van der Waals surface area (Å²) in [5, 5.41) is 9.00. The molecule has 0 unspecified atom stereocenters. The molecular formula is C28H30N4O3Si. The molecule has 0 aliphatic heterocycles. The molecule has 2 aromatic heterocycles. The van der Waals surface area contributed by atoms with Crippen molar-refractivity contribution in [3.63, 3.8) is 0 Å². The number of hydrogen-bond acceptors (Lipinski definition) is 6.